The third-order valence-corrected chi connectivity index (χ3v) is 7.93. The largest absolute Gasteiger partial charge is 0.435 e. The first-order chi connectivity index (χ1) is 18.7. The average Bonchev–Trinajstić information content (AvgIpc) is 3.49. The van der Waals surface area contributed by atoms with Crippen molar-refractivity contribution in [3.63, 3.8) is 0 Å². The summed E-state index contributed by atoms with van der Waals surface area (Å²) in [6, 6.07) is 8.71. The fraction of sp³-hybridized carbons (Fsp3) is 0.500. The minimum absolute atomic E-state index is 0.0654. The fourth-order valence-corrected chi connectivity index (χ4v) is 5.69. The number of unbranched alkanes of at least 4 members (excludes halogenated alkanes) is 1. The number of fused-ring (bicyclic) bond motifs is 1. The van der Waals surface area contributed by atoms with Crippen LogP contribution in [0.4, 0.5) is 22.0 Å². The monoisotopic (exact) mass is 545 g/mol. The molecule has 0 spiro atoms. The highest BCUT2D eigenvalue weighted by Gasteiger charge is 2.57. The van der Waals surface area contributed by atoms with Gasteiger partial charge in [-0.25, -0.2) is 0 Å². The summed E-state index contributed by atoms with van der Waals surface area (Å²) < 4.78 is 73.6. The zero-order chi connectivity index (χ0) is 27.6. The minimum atomic E-state index is -4.29. The molecule has 2 fully saturated rings. The Morgan fingerprint density at radius 2 is 1.90 bits per heavy atom. The van der Waals surface area contributed by atoms with Crippen molar-refractivity contribution in [2.75, 3.05) is 0 Å². The van der Waals surface area contributed by atoms with Gasteiger partial charge in [-0.15, -0.1) is 0 Å². The molecule has 1 N–H and O–H groups in total. The smallest absolute Gasteiger partial charge is 0.406 e. The molecular weight excluding hydrogens is 513 g/mol. The molecule has 9 heteroatoms. The second-order valence-electron chi connectivity index (χ2n) is 10.5. The van der Waals surface area contributed by atoms with Crippen LogP contribution in [0.1, 0.15) is 81.9 Å². The maximum Gasteiger partial charge on any atom is 0.406 e. The Balaban J connectivity index is 1.56. The second kappa shape index (κ2) is 11.2. The number of hydrogen-bond donors (Lipinski definition) is 1. The highest BCUT2D eigenvalue weighted by molar-refractivity contribution is 5.95. The molecule has 0 radical (unpaired) electrons. The number of aromatic nitrogens is 2. The molecule has 2 saturated carbocycles. The predicted octanol–water partition coefficient (Wildman–Crippen LogP) is 8.15. The third-order valence-electron chi connectivity index (χ3n) is 7.93. The summed E-state index contributed by atoms with van der Waals surface area (Å²) in [7, 11) is 0. The maximum atomic E-state index is 13.6. The van der Waals surface area contributed by atoms with Crippen LogP contribution < -0.4 is 10.1 Å². The number of nitrogens with zero attached hydrogens (tertiary/aromatic N) is 2. The summed E-state index contributed by atoms with van der Waals surface area (Å²) in [6.45, 7) is -0.817. The molecule has 3 aromatic rings. The Kier molecular flexibility index (Phi) is 7.86. The van der Waals surface area contributed by atoms with Gasteiger partial charge in [0.1, 0.15) is 11.3 Å². The lowest BCUT2D eigenvalue weighted by Gasteiger charge is -2.44. The van der Waals surface area contributed by atoms with Gasteiger partial charge in [-0.05, 0) is 62.3 Å². The van der Waals surface area contributed by atoms with Crippen molar-refractivity contribution in [2.24, 2.45) is 0 Å². The van der Waals surface area contributed by atoms with Gasteiger partial charge in [-0.1, -0.05) is 37.7 Å². The van der Waals surface area contributed by atoms with Crippen molar-refractivity contribution in [3.8, 4) is 29.0 Å². The standard InChI is InChI=1S/C30H32F5N3O/c1-2-3-4-10-24-23-13-12-22(39-28(31)32)17-26(23)38(21-8-5-6-9-21)27(24)25-14-11-20(18-36-25)19-37-29(15-7-16-29)30(33,34)35/h11-14,17-18,21,28,37H,2-3,5-9,15-16,19H2,1H3. The highest BCUT2D eigenvalue weighted by Crippen LogP contribution is 2.45. The van der Waals surface area contributed by atoms with E-state index in [1.165, 1.54) is 6.07 Å². The lowest BCUT2D eigenvalue weighted by Crippen LogP contribution is -2.61. The van der Waals surface area contributed by atoms with Crippen LogP contribution in [-0.4, -0.2) is 27.9 Å². The van der Waals surface area contributed by atoms with Crippen molar-refractivity contribution in [3.05, 3.63) is 47.7 Å². The number of pyridine rings is 1. The van der Waals surface area contributed by atoms with Gasteiger partial charge in [-0.2, -0.15) is 22.0 Å². The number of benzene rings is 1. The van der Waals surface area contributed by atoms with Crippen LogP contribution in [0.25, 0.3) is 22.3 Å². The van der Waals surface area contributed by atoms with E-state index in [0.717, 1.165) is 54.3 Å². The summed E-state index contributed by atoms with van der Waals surface area (Å²) in [5.74, 6) is 6.62. The number of halogens is 5. The van der Waals surface area contributed by atoms with Gasteiger partial charge in [0.05, 0.1) is 22.5 Å². The molecule has 0 atom stereocenters. The first-order valence-corrected chi connectivity index (χ1v) is 13.6. The van der Waals surface area contributed by atoms with Gasteiger partial charge in [-0.3, -0.25) is 10.3 Å². The summed E-state index contributed by atoms with van der Waals surface area (Å²) in [5.41, 5.74) is 1.83. The van der Waals surface area contributed by atoms with Gasteiger partial charge in [0.25, 0.3) is 0 Å². The van der Waals surface area contributed by atoms with Crippen LogP contribution in [0.5, 0.6) is 5.75 Å². The van der Waals surface area contributed by atoms with Crippen molar-refractivity contribution in [2.45, 2.75) is 95.6 Å². The molecule has 2 aromatic heterocycles. The Bertz CT molecular complexity index is 1360. The van der Waals surface area contributed by atoms with E-state index in [4.69, 9.17) is 4.74 Å². The molecule has 0 saturated heterocycles. The van der Waals surface area contributed by atoms with Crippen molar-refractivity contribution >= 4 is 10.9 Å². The van der Waals surface area contributed by atoms with E-state index in [1.807, 2.05) is 13.0 Å². The first kappa shape index (κ1) is 27.4. The molecule has 2 heterocycles. The molecule has 5 rings (SSSR count). The number of ether oxygens (including phenoxy) is 1. The van der Waals surface area contributed by atoms with Crippen LogP contribution in [0.2, 0.25) is 0 Å². The molecule has 0 aliphatic heterocycles. The molecule has 2 aliphatic rings. The number of rotatable bonds is 8. The minimum Gasteiger partial charge on any atom is -0.435 e. The number of alkyl halides is 5. The second-order valence-corrected chi connectivity index (χ2v) is 10.5. The molecule has 0 unspecified atom stereocenters. The lowest BCUT2D eigenvalue weighted by atomic mass is 9.76. The summed E-state index contributed by atoms with van der Waals surface area (Å²) in [4.78, 5) is 4.68. The number of hydrogen-bond acceptors (Lipinski definition) is 3. The van der Waals surface area contributed by atoms with Crippen LogP contribution in [0.15, 0.2) is 36.5 Å². The van der Waals surface area contributed by atoms with Crippen molar-refractivity contribution in [1.82, 2.24) is 14.9 Å². The van der Waals surface area contributed by atoms with E-state index in [-0.39, 0.29) is 31.2 Å². The van der Waals surface area contributed by atoms with E-state index in [2.05, 4.69) is 26.7 Å². The Morgan fingerprint density at radius 3 is 2.49 bits per heavy atom. The Morgan fingerprint density at radius 1 is 1.13 bits per heavy atom. The topological polar surface area (TPSA) is 39.1 Å². The molecule has 208 valence electrons. The summed E-state index contributed by atoms with van der Waals surface area (Å²) >= 11 is 0. The highest BCUT2D eigenvalue weighted by atomic mass is 19.4. The van der Waals surface area contributed by atoms with Gasteiger partial charge in [0.15, 0.2) is 0 Å². The maximum absolute atomic E-state index is 13.6. The van der Waals surface area contributed by atoms with Crippen LogP contribution in [0.3, 0.4) is 0 Å². The zero-order valence-electron chi connectivity index (χ0n) is 21.9. The van der Waals surface area contributed by atoms with E-state index in [0.29, 0.717) is 24.1 Å². The van der Waals surface area contributed by atoms with E-state index < -0.39 is 18.3 Å². The third kappa shape index (κ3) is 5.49. The Labute approximate surface area is 224 Å². The first-order valence-electron chi connectivity index (χ1n) is 13.6. The molecular formula is C30H32F5N3O. The SMILES string of the molecule is CCCC#Cc1c(-c2ccc(CNC3(C(F)(F)F)CCC3)cn2)n(C2CCCC2)c2cc(OC(F)F)ccc12. The van der Waals surface area contributed by atoms with Crippen molar-refractivity contribution < 1.29 is 26.7 Å². The predicted molar refractivity (Wildman–Crippen MR) is 141 cm³/mol. The molecule has 39 heavy (non-hydrogen) atoms. The molecule has 1 aromatic carbocycles. The molecule has 0 amide bonds. The van der Waals surface area contributed by atoms with E-state index in [9.17, 15) is 22.0 Å². The average molecular weight is 546 g/mol. The molecule has 2 aliphatic carbocycles. The summed E-state index contributed by atoms with van der Waals surface area (Å²) in [6.07, 6.45) is 3.66. The molecule has 0 bridgehead atoms. The Hall–Kier alpha value is -3.12. The van der Waals surface area contributed by atoms with Gasteiger partial charge >= 0.3 is 12.8 Å². The zero-order valence-corrected chi connectivity index (χ0v) is 21.9. The van der Waals surface area contributed by atoms with Gasteiger partial charge in [0, 0.05) is 36.7 Å². The normalized spacial score (nSPS) is 17.3. The quantitative estimate of drug-likeness (QED) is 0.229. The van der Waals surface area contributed by atoms with Crippen LogP contribution >= 0.6 is 0 Å². The van der Waals surface area contributed by atoms with Crippen molar-refractivity contribution in [1.29, 1.82) is 0 Å². The lowest BCUT2D eigenvalue weighted by molar-refractivity contribution is -0.219. The van der Waals surface area contributed by atoms with Gasteiger partial charge < -0.3 is 9.30 Å². The fourth-order valence-electron chi connectivity index (χ4n) is 5.69. The van der Waals surface area contributed by atoms with E-state index >= 15 is 0 Å². The van der Waals surface area contributed by atoms with Crippen LogP contribution in [-0.2, 0) is 6.54 Å². The van der Waals surface area contributed by atoms with E-state index in [1.54, 1.807) is 24.4 Å². The van der Waals surface area contributed by atoms with Crippen LogP contribution in [0, 0.1) is 11.8 Å². The summed E-state index contributed by atoms with van der Waals surface area (Å²) in [5, 5.41) is 3.57. The number of nitrogens with one attached hydrogen (secondary N) is 1. The van der Waals surface area contributed by atoms with Gasteiger partial charge in [0.2, 0.25) is 0 Å². The molecule has 4 nitrogen and oxygen atoms in total.